The number of nitriles is 1. The topological polar surface area (TPSA) is 70.6 Å². The van der Waals surface area contributed by atoms with E-state index in [0.29, 0.717) is 24.2 Å². The lowest BCUT2D eigenvalue weighted by Gasteiger charge is -2.37. The molecule has 0 aliphatic carbocycles. The van der Waals surface area contributed by atoms with E-state index < -0.39 is 11.6 Å². The molecule has 0 N–H and O–H groups in total. The number of thiazole rings is 1. The van der Waals surface area contributed by atoms with Gasteiger partial charge in [-0.3, -0.25) is 9.58 Å². The van der Waals surface area contributed by atoms with Crippen LogP contribution in [0.15, 0.2) is 55.1 Å². The van der Waals surface area contributed by atoms with Gasteiger partial charge in [0.1, 0.15) is 29.3 Å². The van der Waals surface area contributed by atoms with Crippen molar-refractivity contribution >= 4 is 11.3 Å². The average Bonchev–Trinajstić information content (AvgIpc) is 3.52. The molecule has 9 heteroatoms. The summed E-state index contributed by atoms with van der Waals surface area (Å²) in [5.74, 6) is -1.37. The predicted octanol–water partition coefficient (Wildman–Crippen LogP) is 4.78. The SMILES string of the molecule is CC(C(Cn1cncn1)c1ccc(F)cc1F)N1CCc2nc(-c3ccc(C#N)cc3)sc2C1. The van der Waals surface area contributed by atoms with Gasteiger partial charge in [0.25, 0.3) is 0 Å². The largest absolute Gasteiger partial charge is 0.294 e. The fourth-order valence-corrected chi connectivity index (χ4v) is 5.61. The van der Waals surface area contributed by atoms with Crippen LogP contribution in [-0.2, 0) is 19.5 Å². The first-order valence-corrected chi connectivity index (χ1v) is 11.8. The molecule has 2 aromatic heterocycles. The number of benzene rings is 2. The number of aromatic nitrogens is 4. The van der Waals surface area contributed by atoms with Crippen LogP contribution in [0.5, 0.6) is 0 Å². The van der Waals surface area contributed by atoms with E-state index in [1.54, 1.807) is 34.5 Å². The van der Waals surface area contributed by atoms with Gasteiger partial charge in [-0.1, -0.05) is 18.2 Å². The van der Waals surface area contributed by atoms with Gasteiger partial charge >= 0.3 is 0 Å². The highest BCUT2D eigenvalue weighted by Crippen LogP contribution is 2.35. The lowest BCUT2D eigenvalue weighted by atomic mass is 9.90. The van der Waals surface area contributed by atoms with Gasteiger partial charge in [0, 0.05) is 48.0 Å². The van der Waals surface area contributed by atoms with Crippen molar-refractivity contribution in [2.45, 2.75) is 38.4 Å². The summed E-state index contributed by atoms with van der Waals surface area (Å²) in [7, 11) is 0. The highest BCUT2D eigenvalue weighted by Gasteiger charge is 2.31. The van der Waals surface area contributed by atoms with E-state index >= 15 is 0 Å². The normalized spacial score (nSPS) is 15.5. The molecule has 3 heterocycles. The molecule has 2 atom stereocenters. The van der Waals surface area contributed by atoms with Crippen molar-refractivity contribution in [1.82, 2.24) is 24.6 Å². The molecular formula is C25H22F2N6S. The third-order valence-corrected chi connectivity index (χ3v) is 7.52. The molecule has 1 aliphatic heterocycles. The van der Waals surface area contributed by atoms with E-state index in [0.717, 1.165) is 35.3 Å². The van der Waals surface area contributed by atoms with Crippen LogP contribution < -0.4 is 0 Å². The van der Waals surface area contributed by atoms with Crippen LogP contribution in [0.1, 0.15) is 34.5 Å². The van der Waals surface area contributed by atoms with Gasteiger partial charge in [-0.2, -0.15) is 10.4 Å². The van der Waals surface area contributed by atoms with E-state index in [2.05, 4.69) is 28.0 Å². The van der Waals surface area contributed by atoms with Crippen molar-refractivity contribution < 1.29 is 8.78 Å². The molecule has 0 spiro atoms. The van der Waals surface area contributed by atoms with Crippen molar-refractivity contribution in [2.75, 3.05) is 6.54 Å². The molecule has 0 bridgehead atoms. The molecule has 2 aromatic carbocycles. The second kappa shape index (κ2) is 9.41. The molecule has 6 nitrogen and oxygen atoms in total. The minimum Gasteiger partial charge on any atom is -0.294 e. The fraction of sp³-hybridized carbons (Fsp3) is 0.280. The standard InChI is InChI=1S/C25H22F2N6S/c1-16(21(12-33-15-29-14-30-33)20-7-6-19(26)10-22(20)27)32-9-8-23-24(13-32)34-25(31-23)18-4-2-17(11-28)3-5-18/h2-7,10,14-16,21H,8-9,12-13H2,1H3. The van der Waals surface area contributed by atoms with Gasteiger partial charge in [0.05, 0.1) is 23.9 Å². The second-order valence-electron chi connectivity index (χ2n) is 8.43. The van der Waals surface area contributed by atoms with Crippen molar-refractivity contribution in [2.24, 2.45) is 0 Å². The van der Waals surface area contributed by atoms with Crippen LogP contribution in [0.4, 0.5) is 8.78 Å². The number of rotatable bonds is 6. The van der Waals surface area contributed by atoms with Crippen LogP contribution in [0.2, 0.25) is 0 Å². The number of fused-ring (bicyclic) bond motifs is 1. The predicted molar refractivity (Wildman–Crippen MR) is 125 cm³/mol. The van der Waals surface area contributed by atoms with Gasteiger partial charge in [0.2, 0.25) is 0 Å². The zero-order valence-corrected chi connectivity index (χ0v) is 19.3. The second-order valence-corrected chi connectivity index (χ2v) is 9.51. The fourth-order valence-electron chi connectivity index (χ4n) is 4.47. The van der Waals surface area contributed by atoms with Gasteiger partial charge in [-0.05, 0) is 30.7 Å². The van der Waals surface area contributed by atoms with E-state index in [1.165, 1.54) is 23.3 Å². The molecule has 34 heavy (non-hydrogen) atoms. The zero-order valence-electron chi connectivity index (χ0n) is 18.5. The highest BCUT2D eigenvalue weighted by atomic mass is 32.1. The van der Waals surface area contributed by atoms with Gasteiger partial charge in [-0.15, -0.1) is 11.3 Å². The summed E-state index contributed by atoms with van der Waals surface area (Å²) >= 11 is 1.65. The summed E-state index contributed by atoms with van der Waals surface area (Å²) in [5.41, 5.74) is 3.18. The van der Waals surface area contributed by atoms with Crippen LogP contribution in [0, 0.1) is 23.0 Å². The molecule has 1 aliphatic rings. The maximum absolute atomic E-state index is 14.8. The minimum atomic E-state index is -0.587. The third kappa shape index (κ3) is 4.47. The molecule has 4 aromatic rings. The molecule has 2 unspecified atom stereocenters. The summed E-state index contributed by atoms with van der Waals surface area (Å²) < 4.78 is 30.1. The van der Waals surface area contributed by atoms with Crippen LogP contribution in [0.25, 0.3) is 10.6 Å². The first-order chi connectivity index (χ1) is 16.5. The van der Waals surface area contributed by atoms with Crippen LogP contribution >= 0.6 is 11.3 Å². The maximum atomic E-state index is 14.8. The Balaban J connectivity index is 1.40. The molecule has 0 saturated heterocycles. The first kappa shape index (κ1) is 22.3. The Labute approximate surface area is 200 Å². The highest BCUT2D eigenvalue weighted by molar-refractivity contribution is 7.15. The zero-order chi connectivity index (χ0) is 23.7. The number of halogens is 2. The maximum Gasteiger partial charge on any atom is 0.137 e. The molecular weight excluding hydrogens is 454 g/mol. The monoisotopic (exact) mass is 476 g/mol. The van der Waals surface area contributed by atoms with E-state index in [-0.39, 0.29) is 12.0 Å². The van der Waals surface area contributed by atoms with Crippen molar-refractivity contribution in [3.05, 3.63) is 88.5 Å². The van der Waals surface area contributed by atoms with Gasteiger partial charge in [-0.25, -0.2) is 18.7 Å². The smallest absolute Gasteiger partial charge is 0.137 e. The molecule has 0 fully saturated rings. The summed E-state index contributed by atoms with van der Waals surface area (Å²) in [4.78, 5) is 12.4. The van der Waals surface area contributed by atoms with E-state index in [4.69, 9.17) is 10.2 Å². The molecule has 5 rings (SSSR count). The Kier molecular flexibility index (Phi) is 6.18. The average molecular weight is 477 g/mol. The van der Waals surface area contributed by atoms with Gasteiger partial charge < -0.3 is 0 Å². The first-order valence-electron chi connectivity index (χ1n) is 11.0. The van der Waals surface area contributed by atoms with Gasteiger partial charge in [0.15, 0.2) is 0 Å². The van der Waals surface area contributed by atoms with E-state index in [9.17, 15) is 8.78 Å². The van der Waals surface area contributed by atoms with Crippen molar-refractivity contribution in [3.63, 3.8) is 0 Å². The molecule has 172 valence electrons. The Hall–Kier alpha value is -3.48. The number of hydrogen-bond acceptors (Lipinski definition) is 6. The van der Waals surface area contributed by atoms with Crippen LogP contribution in [0.3, 0.4) is 0 Å². The molecule has 0 radical (unpaired) electrons. The summed E-state index contributed by atoms with van der Waals surface area (Å²) in [6, 6.07) is 13.3. The minimum absolute atomic E-state index is 0.0298. The molecule has 0 saturated carbocycles. The number of hydrogen-bond donors (Lipinski definition) is 0. The Morgan fingerprint density at radius 2 is 2.00 bits per heavy atom. The Morgan fingerprint density at radius 1 is 1.18 bits per heavy atom. The Bertz CT molecular complexity index is 1330. The molecule has 0 amide bonds. The Morgan fingerprint density at radius 3 is 2.71 bits per heavy atom. The van der Waals surface area contributed by atoms with Crippen molar-refractivity contribution in [1.29, 1.82) is 5.26 Å². The number of nitrogens with zero attached hydrogens (tertiary/aromatic N) is 6. The van der Waals surface area contributed by atoms with Crippen LogP contribution in [-0.4, -0.2) is 37.2 Å². The lowest BCUT2D eigenvalue weighted by Crippen LogP contribution is -2.42. The quantitative estimate of drug-likeness (QED) is 0.401. The third-order valence-electron chi connectivity index (χ3n) is 6.39. The van der Waals surface area contributed by atoms with E-state index in [1.807, 2.05) is 12.1 Å². The van der Waals surface area contributed by atoms with Crippen molar-refractivity contribution in [3.8, 4) is 16.6 Å². The lowest BCUT2D eigenvalue weighted by molar-refractivity contribution is 0.157. The summed E-state index contributed by atoms with van der Waals surface area (Å²) in [6.45, 7) is 4.02. The summed E-state index contributed by atoms with van der Waals surface area (Å²) in [6.07, 6.45) is 3.87. The summed E-state index contributed by atoms with van der Waals surface area (Å²) in [5, 5.41) is 14.2.